The van der Waals surface area contributed by atoms with Crippen LogP contribution in [0.1, 0.15) is 12.8 Å². The van der Waals surface area contributed by atoms with Crippen molar-refractivity contribution in [1.29, 1.82) is 0 Å². The SMILES string of the molecule is CN(CCCCN=C(N)Nc1ccc(OC(F)(F)F)cc1)c1ccccc1. The second-order valence-corrected chi connectivity index (χ2v) is 5.93. The highest BCUT2D eigenvalue weighted by molar-refractivity contribution is 5.92. The third-order valence-electron chi connectivity index (χ3n) is 3.74. The first-order chi connectivity index (χ1) is 12.8. The lowest BCUT2D eigenvalue weighted by Gasteiger charge is -2.18. The lowest BCUT2D eigenvalue weighted by Crippen LogP contribution is -2.23. The van der Waals surface area contributed by atoms with E-state index in [0.717, 1.165) is 19.4 Å². The van der Waals surface area contributed by atoms with Gasteiger partial charge in [-0.2, -0.15) is 0 Å². The number of nitrogens with two attached hydrogens (primary N) is 1. The number of hydrogen-bond acceptors (Lipinski definition) is 3. The largest absolute Gasteiger partial charge is 0.573 e. The summed E-state index contributed by atoms with van der Waals surface area (Å²) in [4.78, 5) is 6.40. The topological polar surface area (TPSA) is 62.9 Å². The van der Waals surface area contributed by atoms with Crippen LogP contribution < -0.4 is 20.7 Å². The van der Waals surface area contributed by atoms with Crippen molar-refractivity contribution in [3.05, 3.63) is 54.6 Å². The Labute approximate surface area is 156 Å². The van der Waals surface area contributed by atoms with Gasteiger partial charge in [0, 0.05) is 31.5 Å². The summed E-state index contributed by atoms with van der Waals surface area (Å²) in [6.45, 7) is 1.48. The van der Waals surface area contributed by atoms with Crippen LogP contribution in [-0.2, 0) is 0 Å². The normalized spacial score (nSPS) is 11.9. The molecule has 0 unspecified atom stereocenters. The van der Waals surface area contributed by atoms with Crippen LogP contribution in [0.4, 0.5) is 24.5 Å². The zero-order valence-electron chi connectivity index (χ0n) is 15.0. The fraction of sp³-hybridized carbons (Fsp3) is 0.316. The van der Waals surface area contributed by atoms with Gasteiger partial charge in [0.05, 0.1) is 0 Å². The van der Waals surface area contributed by atoms with E-state index in [1.54, 1.807) is 0 Å². The number of rotatable bonds is 8. The monoisotopic (exact) mass is 380 g/mol. The average molecular weight is 380 g/mol. The van der Waals surface area contributed by atoms with Crippen LogP contribution in [0.25, 0.3) is 0 Å². The van der Waals surface area contributed by atoms with Crippen molar-refractivity contribution in [3.63, 3.8) is 0 Å². The molecule has 0 aliphatic rings. The van der Waals surface area contributed by atoms with E-state index < -0.39 is 6.36 Å². The Hall–Kier alpha value is -2.90. The van der Waals surface area contributed by atoms with Gasteiger partial charge in [0.2, 0.25) is 0 Å². The number of nitrogens with zero attached hydrogens (tertiary/aromatic N) is 2. The predicted molar refractivity (Wildman–Crippen MR) is 102 cm³/mol. The van der Waals surface area contributed by atoms with Gasteiger partial charge >= 0.3 is 6.36 Å². The van der Waals surface area contributed by atoms with Crippen LogP contribution in [0.3, 0.4) is 0 Å². The summed E-state index contributed by atoms with van der Waals surface area (Å²) in [5.41, 5.74) is 7.50. The first-order valence-electron chi connectivity index (χ1n) is 8.52. The van der Waals surface area contributed by atoms with E-state index in [4.69, 9.17) is 5.73 Å². The zero-order chi connectivity index (χ0) is 19.7. The smallest absolute Gasteiger partial charge is 0.406 e. The molecule has 5 nitrogen and oxygen atoms in total. The number of nitrogens with one attached hydrogen (secondary N) is 1. The maximum Gasteiger partial charge on any atom is 0.573 e. The summed E-state index contributed by atoms with van der Waals surface area (Å²) in [6, 6.07) is 15.4. The Balaban J connectivity index is 1.70. The fourth-order valence-electron chi connectivity index (χ4n) is 2.40. The van der Waals surface area contributed by atoms with Gasteiger partial charge in [-0.1, -0.05) is 18.2 Å². The molecule has 0 heterocycles. The molecule has 0 saturated carbocycles. The minimum absolute atomic E-state index is 0.218. The van der Waals surface area contributed by atoms with Crippen molar-refractivity contribution in [1.82, 2.24) is 0 Å². The van der Waals surface area contributed by atoms with Crippen molar-refractivity contribution >= 4 is 17.3 Å². The summed E-state index contributed by atoms with van der Waals surface area (Å²) in [6.07, 6.45) is -2.87. The number of alkyl halides is 3. The first-order valence-corrected chi connectivity index (χ1v) is 8.52. The second kappa shape index (κ2) is 9.70. The number of benzene rings is 2. The number of aliphatic imine (C=N–C) groups is 1. The molecule has 0 spiro atoms. The molecular weight excluding hydrogens is 357 g/mol. The summed E-state index contributed by atoms with van der Waals surface area (Å²) in [5.74, 6) is -0.0676. The number of guanidine groups is 1. The standard InChI is InChI=1S/C19H23F3N4O/c1-26(16-7-3-2-4-8-16)14-6-5-13-24-18(23)25-15-9-11-17(12-10-15)27-19(20,21)22/h2-4,7-12H,5-6,13-14H2,1H3,(H3,23,24,25). The summed E-state index contributed by atoms with van der Waals surface area (Å²) >= 11 is 0. The Morgan fingerprint density at radius 3 is 2.37 bits per heavy atom. The quantitative estimate of drug-likeness (QED) is 0.409. The Kier molecular flexibility index (Phi) is 7.34. The average Bonchev–Trinajstić information content (AvgIpc) is 2.62. The minimum atomic E-state index is -4.70. The molecular formula is C19H23F3N4O. The van der Waals surface area contributed by atoms with Gasteiger partial charge in [0.25, 0.3) is 0 Å². The molecule has 2 rings (SSSR count). The highest BCUT2D eigenvalue weighted by Crippen LogP contribution is 2.23. The van der Waals surface area contributed by atoms with Gasteiger partial charge in [-0.15, -0.1) is 13.2 Å². The third-order valence-corrected chi connectivity index (χ3v) is 3.74. The summed E-state index contributed by atoms with van der Waals surface area (Å²) < 4.78 is 40.2. The van der Waals surface area contributed by atoms with Gasteiger partial charge in [-0.25, -0.2) is 0 Å². The van der Waals surface area contributed by atoms with Gasteiger partial charge < -0.3 is 20.7 Å². The number of anilines is 2. The molecule has 0 saturated heterocycles. The Bertz CT molecular complexity index is 718. The molecule has 0 aliphatic heterocycles. The predicted octanol–water partition coefficient (Wildman–Crippen LogP) is 4.23. The lowest BCUT2D eigenvalue weighted by molar-refractivity contribution is -0.274. The molecule has 0 aliphatic carbocycles. The van der Waals surface area contributed by atoms with Crippen molar-refractivity contribution in [3.8, 4) is 5.75 Å². The van der Waals surface area contributed by atoms with Crippen molar-refractivity contribution in [2.75, 3.05) is 30.4 Å². The van der Waals surface area contributed by atoms with E-state index >= 15 is 0 Å². The van der Waals surface area contributed by atoms with Crippen LogP contribution in [0, 0.1) is 0 Å². The molecule has 0 fully saturated rings. The number of halogens is 3. The van der Waals surface area contributed by atoms with E-state index in [-0.39, 0.29) is 11.7 Å². The molecule has 0 bridgehead atoms. The first kappa shape index (κ1) is 20.4. The highest BCUT2D eigenvalue weighted by Gasteiger charge is 2.30. The van der Waals surface area contributed by atoms with Gasteiger partial charge in [-0.3, -0.25) is 4.99 Å². The van der Waals surface area contributed by atoms with Crippen LogP contribution in [-0.4, -0.2) is 32.5 Å². The van der Waals surface area contributed by atoms with Gasteiger partial charge in [0.15, 0.2) is 5.96 Å². The maximum absolute atomic E-state index is 12.1. The summed E-state index contributed by atoms with van der Waals surface area (Å²) in [5, 5.41) is 2.84. The Morgan fingerprint density at radius 1 is 1.07 bits per heavy atom. The molecule has 0 radical (unpaired) electrons. The van der Waals surface area contributed by atoms with Gasteiger partial charge in [-0.05, 0) is 49.2 Å². The van der Waals surface area contributed by atoms with Crippen molar-refractivity contribution in [2.45, 2.75) is 19.2 Å². The maximum atomic E-state index is 12.1. The third kappa shape index (κ3) is 7.89. The van der Waals surface area contributed by atoms with E-state index in [9.17, 15) is 13.2 Å². The number of unbranched alkanes of at least 4 members (excludes halogenated alkanes) is 1. The molecule has 2 aromatic carbocycles. The molecule has 27 heavy (non-hydrogen) atoms. The van der Waals surface area contributed by atoms with E-state index in [1.165, 1.54) is 30.0 Å². The van der Waals surface area contributed by atoms with Crippen molar-refractivity contribution in [2.24, 2.45) is 10.7 Å². The molecule has 2 aromatic rings. The highest BCUT2D eigenvalue weighted by atomic mass is 19.4. The number of ether oxygens (including phenoxy) is 1. The molecule has 0 amide bonds. The van der Waals surface area contributed by atoms with Crippen LogP contribution >= 0.6 is 0 Å². The zero-order valence-corrected chi connectivity index (χ0v) is 15.0. The van der Waals surface area contributed by atoms with Crippen LogP contribution in [0.5, 0.6) is 5.75 Å². The number of para-hydroxylation sites is 1. The van der Waals surface area contributed by atoms with E-state index in [1.807, 2.05) is 25.2 Å². The number of hydrogen-bond donors (Lipinski definition) is 2. The van der Waals surface area contributed by atoms with Crippen molar-refractivity contribution < 1.29 is 17.9 Å². The van der Waals surface area contributed by atoms with Gasteiger partial charge in [0.1, 0.15) is 5.75 Å². The van der Waals surface area contributed by atoms with E-state index in [0.29, 0.717) is 12.2 Å². The van der Waals surface area contributed by atoms with Crippen LogP contribution in [0.15, 0.2) is 59.6 Å². The molecule has 3 N–H and O–H groups in total. The fourth-order valence-corrected chi connectivity index (χ4v) is 2.40. The molecule has 8 heteroatoms. The lowest BCUT2D eigenvalue weighted by atomic mass is 10.2. The minimum Gasteiger partial charge on any atom is -0.406 e. The molecule has 0 aromatic heterocycles. The van der Waals surface area contributed by atoms with Crippen LogP contribution in [0.2, 0.25) is 0 Å². The summed E-state index contributed by atoms with van der Waals surface area (Å²) in [7, 11) is 2.04. The van der Waals surface area contributed by atoms with E-state index in [2.05, 4.69) is 32.1 Å². The Morgan fingerprint density at radius 2 is 1.74 bits per heavy atom. The second-order valence-electron chi connectivity index (χ2n) is 5.93. The molecule has 146 valence electrons. The molecule has 0 atom stereocenters.